The van der Waals surface area contributed by atoms with Gasteiger partial charge in [-0.05, 0) is 32.0 Å². The Morgan fingerprint density at radius 3 is 2.56 bits per heavy atom. The lowest BCUT2D eigenvalue weighted by Crippen LogP contribution is -2.18. The summed E-state index contributed by atoms with van der Waals surface area (Å²) in [6.07, 6.45) is 3.55. The van der Waals surface area contributed by atoms with Gasteiger partial charge in [0, 0.05) is 31.6 Å². The molecule has 3 nitrogen and oxygen atoms in total. The molecule has 1 aromatic rings. The highest BCUT2D eigenvalue weighted by molar-refractivity contribution is 5.95. The van der Waals surface area contributed by atoms with Gasteiger partial charge in [-0.2, -0.15) is 0 Å². The van der Waals surface area contributed by atoms with Crippen LogP contribution in [0.1, 0.15) is 24.2 Å². The molecule has 0 N–H and O–H groups in total. The van der Waals surface area contributed by atoms with E-state index in [1.807, 2.05) is 13.0 Å². The number of carbonyl (C=O) groups is 1. The molecule has 0 aliphatic heterocycles. The van der Waals surface area contributed by atoms with E-state index in [1.54, 1.807) is 31.3 Å². The van der Waals surface area contributed by atoms with Gasteiger partial charge >= 0.3 is 0 Å². The van der Waals surface area contributed by atoms with E-state index >= 15 is 0 Å². The van der Waals surface area contributed by atoms with Crippen LogP contribution in [0.15, 0.2) is 35.0 Å². The third-order valence-corrected chi connectivity index (χ3v) is 2.62. The monoisotopic (exact) mass is 248 g/mol. The van der Waals surface area contributed by atoms with E-state index in [0.717, 1.165) is 5.70 Å². The van der Waals surface area contributed by atoms with Crippen LogP contribution in [0.3, 0.4) is 0 Å². The summed E-state index contributed by atoms with van der Waals surface area (Å²) in [5.74, 6) is -0.580. The Morgan fingerprint density at radius 1 is 1.39 bits per heavy atom. The molecule has 4 heteroatoms. The Kier molecular flexibility index (Phi) is 4.77. The van der Waals surface area contributed by atoms with E-state index in [-0.39, 0.29) is 5.78 Å². The van der Waals surface area contributed by atoms with Crippen molar-refractivity contribution in [2.24, 2.45) is 4.99 Å². The van der Waals surface area contributed by atoms with Crippen molar-refractivity contribution >= 4 is 17.7 Å². The summed E-state index contributed by atoms with van der Waals surface area (Å²) >= 11 is 0. The molecule has 0 saturated heterocycles. The minimum atomic E-state index is -0.423. The van der Waals surface area contributed by atoms with E-state index in [2.05, 4.69) is 4.99 Å². The molecule has 0 aliphatic carbocycles. The highest BCUT2D eigenvalue weighted by Crippen LogP contribution is 2.20. The first-order valence-electron chi connectivity index (χ1n) is 5.63. The molecule has 1 rings (SSSR count). The number of carbonyl (C=O) groups excluding carboxylic acids is 1. The molecule has 0 aliphatic rings. The van der Waals surface area contributed by atoms with Gasteiger partial charge in [0.05, 0.1) is 5.70 Å². The van der Waals surface area contributed by atoms with Crippen molar-refractivity contribution in [1.29, 1.82) is 0 Å². The van der Waals surface area contributed by atoms with Gasteiger partial charge in [-0.1, -0.05) is 6.08 Å². The molecular formula is C14H17FN2O. The van der Waals surface area contributed by atoms with Crippen LogP contribution in [0.2, 0.25) is 0 Å². The molecule has 18 heavy (non-hydrogen) atoms. The number of halogens is 1. The standard InChI is InChI=1S/C14H17FN2O/c1-5-13(9-16-3)17(4)14-7-11(10(2)18)6-12(15)8-14/h5-9H,1-4H3. The smallest absolute Gasteiger partial charge is 0.159 e. The second kappa shape index (κ2) is 6.10. The van der Waals surface area contributed by atoms with Crippen LogP contribution in [0.5, 0.6) is 0 Å². The number of aliphatic imine (C=N–C) groups is 1. The van der Waals surface area contributed by atoms with Crippen molar-refractivity contribution in [2.75, 3.05) is 19.0 Å². The highest BCUT2D eigenvalue weighted by Gasteiger charge is 2.09. The van der Waals surface area contributed by atoms with Crippen LogP contribution in [-0.4, -0.2) is 26.1 Å². The zero-order valence-corrected chi connectivity index (χ0v) is 11.1. The maximum atomic E-state index is 13.5. The summed E-state index contributed by atoms with van der Waals surface area (Å²) in [6, 6.07) is 4.29. The molecular weight excluding hydrogens is 231 g/mol. The molecule has 0 saturated carbocycles. The second-order valence-electron chi connectivity index (χ2n) is 3.91. The molecule has 0 spiro atoms. The maximum absolute atomic E-state index is 13.5. The Hall–Kier alpha value is -1.97. The summed E-state index contributed by atoms with van der Waals surface area (Å²) in [4.78, 5) is 17.0. The quantitative estimate of drug-likeness (QED) is 0.606. The maximum Gasteiger partial charge on any atom is 0.159 e. The molecule has 1 aromatic carbocycles. The molecule has 0 aromatic heterocycles. The molecule has 0 heterocycles. The summed E-state index contributed by atoms with van der Waals surface area (Å²) in [5, 5.41) is 0. The topological polar surface area (TPSA) is 32.7 Å². The number of anilines is 1. The number of hydrogen-bond acceptors (Lipinski definition) is 3. The SMILES string of the molecule is CC=C(C=NC)N(C)c1cc(F)cc(C(C)=O)c1. The predicted octanol–water partition coefficient (Wildman–Crippen LogP) is 3.07. The molecule has 0 radical (unpaired) electrons. The minimum absolute atomic E-state index is 0.157. The Balaban J connectivity index is 3.20. The fraction of sp³-hybridized carbons (Fsp3) is 0.286. The van der Waals surface area contributed by atoms with E-state index in [4.69, 9.17) is 0 Å². The first-order valence-corrected chi connectivity index (χ1v) is 5.63. The van der Waals surface area contributed by atoms with Crippen molar-refractivity contribution in [3.05, 3.63) is 41.4 Å². The van der Waals surface area contributed by atoms with Gasteiger partial charge in [-0.15, -0.1) is 0 Å². The molecule has 96 valence electrons. The van der Waals surface area contributed by atoms with Gasteiger partial charge in [0.2, 0.25) is 0 Å². The number of allylic oxidation sites excluding steroid dienone is 2. The van der Waals surface area contributed by atoms with Gasteiger partial charge < -0.3 is 4.90 Å². The molecule has 0 fully saturated rings. The van der Waals surface area contributed by atoms with Gasteiger partial charge in [0.15, 0.2) is 5.78 Å². The van der Waals surface area contributed by atoms with Crippen molar-refractivity contribution in [3.8, 4) is 0 Å². The largest absolute Gasteiger partial charge is 0.344 e. The zero-order chi connectivity index (χ0) is 13.7. The third-order valence-electron chi connectivity index (χ3n) is 2.62. The Bertz CT molecular complexity index is 507. The van der Waals surface area contributed by atoms with Crippen LogP contribution < -0.4 is 4.90 Å². The number of benzene rings is 1. The lowest BCUT2D eigenvalue weighted by molar-refractivity contribution is 0.101. The summed E-state index contributed by atoms with van der Waals surface area (Å²) in [7, 11) is 3.47. The van der Waals surface area contributed by atoms with E-state index in [1.165, 1.54) is 19.1 Å². The first kappa shape index (κ1) is 14.1. The summed E-state index contributed by atoms with van der Waals surface area (Å²) in [6.45, 7) is 3.29. The fourth-order valence-electron chi connectivity index (χ4n) is 1.61. The van der Waals surface area contributed by atoms with Crippen molar-refractivity contribution in [3.63, 3.8) is 0 Å². The fourth-order valence-corrected chi connectivity index (χ4v) is 1.61. The van der Waals surface area contributed by atoms with Gasteiger partial charge in [0.25, 0.3) is 0 Å². The Labute approximate surface area is 107 Å². The first-order chi connectivity index (χ1) is 8.49. The average molecular weight is 248 g/mol. The van der Waals surface area contributed by atoms with Crippen LogP contribution in [0.4, 0.5) is 10.1 Å². The van der Waals surface area contributed by atoms with E-state index < -0.39 is 5.82 Å². The number of hydrogen-bond donors (Lipinski definition) is 0. The Morgan fingerprint density at radius 2 is 2.06 bits per heavy atom. The molecule has 0 atom stereocenters. The summed E-state index contributed by atoms with van der Waals surface area (Å²) in [5.41, 5.74) is 1.81. The molecule has 0 bridgehead atoms. The van der Waals surface area contributed by atoms with E-state index in [0.29, 0.717) is 11.3 Å². The van der Waals surface area contributed by atoms with Gasteiger partial charge in [0.1, 0.15) is 5.82 Å². The second-order valence-corrected chi connectivity index (χ2v) is 3.91. The van der Waals surface area contributed by atoms with Crippen molar-refractivity contribution in [1.82, 2.24) is 0 Å². The number of ketones is 1. The number of Topliss-reactive ketones (excluding diaryl/α,β-unsaturated/α-hetero) is 1. The van der Waals surface area contributed by atoms with Crippen molar-refractivity contribution in [2.45, 2.75) is 13.8 Å². The number of rotatable bonds is 4. The average Bonchev–Trinajstić information content (AvgIpc) is 2.34. The van der Waals surface area contributed by atoms with Crippen LogP contribution in [-0.2, 0) is 0 Å². The zero-order valence-electron chi connectivity index (χ0n) is 11.1. The van der Waals surface area contributed by atoms with E-state index in [9.17, 15) is 9.18 Å². The summed E-state index contributed by atoms with van der Waals surface area (Å²) < 4.78 is 13.5. The van der Waals surface area contributed by atoms with Crippen LogP contribution in [0.25, 0.3) is 0 Å². The van der Waals surface area contributed by atoms with Gasteiger partial charge in [-0.3, -0.25) is 9.79 Å². The van der Waals surface area contributed by atoms with Crippen LogP contribution in [0, 0.1) is 5.82 Å². The normalized spacial score (nSPS) is 11.9. The van der Waals surface area contributed by atoms with Crippen molar-refractivity contribution < 1.29 is 9.18 Å². The lowest BCUT2D eigenvalue weighted by Gasteiger charge is -2.20. The molecule has 0 amide bonds. The number of nitrogens with zero attached hydrogens (tertiary/aromatic N) is 2. The molecule has 0 unspecified atom stereocenters. The minimum Gasteiger partial charge on any atom is -0.344 e. The van der Waals surface area contributed by atoms with Gasteiger partial charge in [-0.25, -0.2) is 4.39 Å². The lowest BCUT2D eigenvalue weighted by atomic mass is 10.1. The third kappa shape index (κ3) is 3.26. The van der Waals surface area contributed by atoms with Crippen LogP contribution >= 0.6 is 0 Å². The highest BCUT2D eigenvalue weighted by atomic mass is 19.1. The predicted molar refractivity (Wildman–Crippen MR) is 73.0 cm³/mol.